The molecule has 0 atom stereocenters. The second kappa shape index (κ2) is 7.96. The van der Waals surface area contributed by atoms with Gasteiger partial charge in [0.25, 0.3) is 0 Å². The average molecular weight is 287 g/mol. The molecule has 0 saturated heterocycles. The second-order valence-corrected chi connectivity index (χ2v) is 5.40. The number of aliphatic hydroxyl groups is 1. The van der Waals surface area contributed by atoms with Crippen LogP contribution in [0.25, 0.3) is 10.9 Å². The van der Waals surface area contributed by atoms with Crippen LogP contribution in [-0.4, -0.2) is 37.3 Å². The van der Waals surface area contributed by atoms with Gasteiger partial charge in [-0.3, -0.25) is 0 Å². The molecule has 1 heterocycles. The Morgan fingerprint density at radius 3 is 2.76 bits per heavy atom. The number of aromatic nitrogens is 1. The van der Waals surface area contributed by atoms with Gasteiger partial charge >= 0.3 is 0 Å². The van der Waals surface area contributed by atoms with Crippen molar-refractivity contribution in [2.24, 2.45) is 0 Å². The molecule has 0 bridgehead atoms. The zero-order chi connectivity index (χ0) is 15.1. The van der Waals surface area contributed by atoms with Crippen LogP contribution in [0.15, 0.2) is 30.3 Å². The van der Waals surface area contributed by atoms with Gasteiger partial charge in [0, 0.05) is 37.7 Å². The number of hydrogen-bond acceptors (Lipinski definition) is 4. The van der Waals surface area contributed by atoms with E-state index in [0.29, 0.717) is 0 Å². The van der Waals surface area contributed by atoms with Crippen LogP contribution in [0.2, 0.25) is 0 Å². The zero-order valence-electron chi connectivity index (χ0n) is 13.0. The van der Waals surface area contributed by atoms with Gasteiger partial charge < -0.3 is 15.3 Å². The minimum atomic E-state index is 0.281. The Labute approximate surface area is 126 Å². The van der Waals surface area contributed by atoms with Gasteiger partial charge in [0.2, 0.25) is 0 Å². The van der Waals surface area contributed by atoms with E-state index in [2.05, 4.69) is 35.5 Å². The second-order valence-electron chi connectivity index (χ2n) is 5.40. The molecule has 4 nitrogen and oxygen atoms in total. The van der Waals surface area contributed by atoms with Crippen molar-refractivity contribution in [3.05, 3.63) is 35.9 Å². The van der Waals surface area contributed by atoms with Crippen LogP contribution < -0.4 is 10.2 Å². The van der Waals surface area contributed by atoms with Crippen molar-refractivity contribution in [3.63, 3.8) is 0 Å². The van der Waals surface area contributed by atoms with Gasteiger partial charge in [0.15, 0.2) is 0 Å². The normalized spacial score (nSPS) is 11.0. The van der Waals surface area contributed by atoms with Crippen molar-refractivity contribution in [3.8, 4) is 0 Å². The summed E-state index contributed by atoms with van der Waals surface area (Å²) in [5, 5.41) is 13.2. The number of unbranched alkanes of at least 4 members (excludes halogenated alkanes) is 2. The van der Waals surface area contributed by atoms with E-state index < -0.39 is 0 Å². The van der Waals surface area contributed by atoms with Gasteiger partial charge in [0.1, 0.15) is 5.82 Å². The Bertz CT molecular complexity index is 571. The lowest BCUT2D eigenvalue weighted by Gasteiger charge is -2.22. The molecule has 4 heteroatoms. The van der Waals surface area contributed by atoms with Crippen LogP contribution >= 0.6 is 0 Å². The summed E-state index contributed by atoms with van der Waals surface area (Å²) >= 11 is 0. The monoisotopic (exact) mass is 287 g/mol. The molecule has 0 saturated carbocycles. The Hall–Kier alpha value is -1.65. The summed E-state index contributed by atoms with van der Waals surface area (Å²) in [6, 6.07) is 10.5. The molecule has 0 aliphatic rings. The maximum absolute atomic E-state index is 8.85. The van der Waals surface area contributed by atoms with E-state index in [9.17, 15) is 0 Å². The molecule has 0 aliphatic heterocycles. The molecule has 0 radical (unpaired) electrons. The standard InChI is InChI=1S/C17H25N3O/c1-18-13-15-12-14-8-4-5-9-16(14)19-17(15)20(2)10-6-3-7-11-21/h4-5,8-9,12,18,21H,3,6-7,10-11,13H2,1-2H3. The third kappa shape index (κ3) is 4.16. The van der Waals surface area contributed by atoms with E-state index in [0.717, 1.165) is 43.7 Å². The number of nitrogens with one attached hydrogen (secondary N) is 1. The number of fused-ring (bicyclic) bond motifs is 1. The van der Waals surface area contributed by atoms with Crippen LogP contribution in [-0.2, 0) is 6.54 Å². The van der Waals surface area contributed by atoms with E-state index >= 15 is 0 Å². The minimum Gasteiger partial charge on any atom is -0.396 e. The van der Waals surface area contributed by atoms with Gasteiger partial charge in [-0.1, -0.05) is 18.2 Å². The third-order valence-electron chi connectivity index (χ3n) is 3.66. The maximum atomic E-state index is 8.85. The first kappa shape index (κ1) is 15.7. The fourth-order valence-corrected chi connectivity index (χ4v) is 2.54. The third-order valence-corrected chi connectivity index (χ3v) is 3.66. The summed E-state index contributed by atoms with van der Waals surface area (Å²) in [4.78, 5) is 7.05. The van der Waals surface area contributed by atoms with Crippen molar-refractivity contribution in [1.29, 1.82) is 0 Å². The summed E-state index contributed by atoms with van der Waals surface area (Å²) in [6.45, 7) is 2.05. The molecule has 2 rings (SSSR count). The van der Waals surface area contributed by atoms with Crippen molar-refractivity contribution in [2.75, 3.05) is 32.1 Å². The molecule has 0 aliphatic carbocycles. The SMILES string of the molecule is CNCc1cc2ccccc2nc1N(C)CCCCCO. The quantitative estimate of drug-likeness (QED) is 0.733. The molecule has 0 amide bonds. The average Bonchev–Trinajstić information content (AvgIpc) is 2.51. The highest BCUT2D eigenvalue weighted by Crippen LogP contribution is 2.23. The van der Waals surface area contributed by atoms with Gasteiger partial charge in [-0.15, -0.1) is 0 Å². The number of nitrogens with zero attached hydrogens (tertiary/aromatic N) is 2. The predicted molar refractivity (Wildman–Crippen MR) is 88.7 cm³/mol. The molecule has 114 valence electrons. The van der Waals surface area contributed by atoms with E-state index in [1.54, 1.807) is 0 Å². The number of hydrogen-bond donors (Lipinski definition) is 2. The van der Waals surface area contributed by atoms with E-state index in [1.807, 2.05) is 19.2 Å². The topological polar surface area (TPSA) is 48.4 Å². The molecule has 2 aromatic rings. The lowest BCUT2D eigenvalue weighted by molar-refractivity contribution is 0.283. The highest BCUT2D eigenvalue weighted by atomic mass is 16.2. The first-order valence-corrected chi connectivity index (χ1v) is 7.61. The number of anilines is 1. The number of aliphatic hydroxyl groups excluding tert-OH is 1. The van der Waals surface area contributed by atoms with E-state index in [1.165, 1.54) is 10.9 Å². The van der Waals surface area contributed by atoms with Crippen LogP contribution in [0.5, 0.6) is 0 Å². The molecule has 0 unspecified atom stereocenters. The zero-order valence-corrected chi connectivity index (χ0v) is 13.0. The van der Waals surface area contributed by atoms with Gasteiger partial charge in [-0.2, -0.15) is 0 Å². The van der Waals surface area contributed by atoms with Crippen LogP contribution in [0.1, 0.15) is 24.8 Å². The molecular weight excluding hydrogens is 262 g/mol. The molecule has 21 heavy (non-hydrogen) atoms. The summed E-state index contributed by atoms with van der Waals surface area (Å²) in [5.41, 5.74) is 2.26. The fraction of sp³-hybridized carbons (Fsp3) is 0.471. The number of benzene rings is 1. The summed E-state index contributed by atoms with van der Waals surface area (Å²) in [6.07, 6.45) is 3.00. The number of rotatable bonds is 8. The molecule has 1 aromatic carbocycles. The molecule has 2 N–H and O–H groups in total. The molecular formula is C17H25N3O. The first-order valence-electron chi connectivity index (χ1n) is 7.61. The van der Waals surface area contributed by atoms with Crippen molar-refractivity contribution in [2.45, 2.75) is 25.8 Å². The summed E-state index contributed by atoms with van der Waals surface area (Å²) in [5.74, 6) is 1.05. The minimum absolute atomic E-state index is 0.281. The van der Waals surface area contributed by atoms with Gasteiger partial charge in [-0.25, -0.2) is 4.98 Å². The van der Waals surface area contributed by atoms with Crippen molar-refractivity contribution < 1.29 is 5.11 Å². The lowest BCUT2D eigenvalue weighted by atomic mass is 10.1. The summed E-state index contributed by atoms with van der Waals surface area (Å²) in [7, 11) is 4.05. The van der Waals surface area contributed by atoms with E-state index in [-0.39, 0.29) is 6.61 Å². The van der Waals surface area contributed by atoms with Crippen molar-refractivity contribution >= 4 is 16.7 Å². The lowest BCUT2D eigenvalue weighted by Crippen LogP contribution is -2.22. The Morgan fingerprint density at radius 2 is 2.00 bits per heavy atom. The highest BCUT2D eigenvalue weighted by molar-refractivity contribution is 5.81. The number of para-hydroxylation sites is 1. The Balaban J connectivity index is 2.20. The van der Waals surface area contributed by atoms with Crippen LogP contribution in [0.4, 0.5) is 5.82 Å². The highest BCUT2D eigenvalue weighted by Gasteiger charge is 2.10. The first-order chi connectivity index (χ1) is 10.3. The van der Waals surface area contributed by atoms with Crippen LogP contribution in [0.3, 0.4) is 0 Å². The Kier molecular flexibility index (Phi) is 5.96. The molecule has 0 spiro atoms. The van der Waals surface area contributed by atoms with Crippen LogP contribution in [0, 0.1) is 0 Å². The number of pyridine rings is 1. The largest absolute Gasteiger partial charge is 0.396 e. The smallest absolute Gasteiger partial charge is 0.133 e. The van der Waals surface area contributed by atoms with Gasteiger partial charge in [-0.05, 0) is 38.4 Å². The van der Waals surface area contributed by atoms with Gasteiger partial charge in [0.05, 0.1) is 5.52 Å². The maximum Gasteiger partial charge on any atom is 0.133 e. The molecule has 1 aromatic heterocycles. The fourth-order valence-electron chi connectivity index (χ4n) is 2.54. The summed E-state index contributed by atoms with van der Waals surface area (Å²) < 4.78 is 0. The predicted octanol–water partition coefficient (Wildman–Crippen LogP) is 2.55. The van der Waals surface area contributed by atoms with E-state index in [4.69, 9.17) is 10.1 Å². The van der Waals surface area contributed by atoms with Crippen molar-refractivity contribution in [1.82, 2.24) is 10.3 Å². The Morgan fingerprint density at radius 1 is 1.19 bits per heavy atom. The molecule has 0 fully saturated rings.